The Labute approximate surface area is 106 Å². The summed E-state index contributed by atoms with van der Waals surface area (Å²) >= 11 is 0. The van der Waals surface area contributed by atoms with E-state index in [0.717, 1.165) is 0 Å². The average molecular weight is 265 g/mol. The fraction of sp³-hybridized carbons (Fsp3) is 0.300. The van der Waals surface area contributed by atoms with Crippen molar-refractivity contribution in [2.24, 2.45) is 0 Å². The molecule has 1 aliphatic rings. The van der Waals surface area contributed by atoms with Gasteiger partial charge in [0.05, 0.1) is 6.61 Å². The van der Waals surface area contributed by atoms with Gasteiger partial charge in [-0.15, -0.1) is 0 Å². The summed E-state index contributed by atoms with van der Waals surface area (Å²) in [5, 5.41) is 28.5. The molecule has 2 aromatic heterocycles. The van der Waals surface area contributed by atoms with Gasteiger partial charge in [0.1, 0.15) is 12.7 Å². The maximum atomic E-state index is 9.83. The van der Waals surface area contributed by atoms with Crippen LogP contribution in [0.2, 0.25) is 0 Å². The number of fused-ring (bicyclic) bond motifs is 1. The molecule has 1 aliphatic heterocycles. The summed E-state index contributed by atoms with van der Waals surface area (Å²) < 4.78 is 6.61. The predicted octanol–water partition coefficient (Wildman–Crippen LogP) is -1.16. The van der Waals surface area contributed by atoms with Crippen LogP contribution in [0.5, 0.6) is 0 Å². The molecule has 0 amide bonds. The van der Waals surface area contributed by atoms with Crippen molar-refractivity contribution in [2.75, 3.05) is 12.3 Å². The van der Waals surface area contributed by atoms with E-state index in [9.17, 15) is 10.2 Å². The molecule has 2 atom stereocenters. The van der Waals surface area contributed by atoms with Crippen LogP contribution in [0.4, 0.5) is 5.82 Å². The minimum Gasteiger partial charge on any atom is -0.505 e. The maximum absolute atomic E-state index is 9.83. The van der Waals surface area contributed by atoms with E-state index in [1.54, 1.807) is 0 Å². The lowest BCUT2D eigenvalue weighted by Gasteiger charge is -2.11. The lowest BCUT2D eigenvalue weighted by Crippen LogP contribution is -2.27. The Morgan fingerprint density at radius 3 is 2.84 bits per heavy atom. The average Bonchev–Trinajstić information content (AvgIpc) is 2.94. The monoisotopic (exact) mass is 265 g/mol. The third kappa shape index (κ3) is 1.59. The molecule has 5 N–H and O–H groups in total. The Morgan fingerprint density at radius 2 is 2.16 bits per heavy atom. The first kappa shape index (κ1) is 11.7. The molecule has 2 aromatic rings. The molecule has 1 unspecified atom stereocenters. The summed E-state index contributed by atoms with van der Waals surface area (Å²) in [5.41, 5.74) is 6.34. The SMILES string of the molecule is Nc1ncnc2c1ncn2C1=C(O)C(O)[C@H](CO)O1. The minimum atomic E-state index is -1.29. The standard InChI is InChI=1S/C10H11N5O4/c11-8-5-9(13-2-12-8)15(3-14-5)10-7(18)6(17)4(1-16)19-10/h2-4,6,16-18H,1H2,(H2,11,12,13)/t4-,6?/m0/s1. The Kier molecular flexibility index (Phi) is 2.50. The van der Waals surface area contributed by atoms with E-state index >= 15 is 0 Å². The van der Waals surface area contributed by atoms with E-state index in [1.165, 1.54) is 17.2 Å². The van der Waals surface area contributed by atoms with Gasteiger partial charge in [-0.25, -0.2) is 19.5 Å². The van der Waals surface area contributed by atoms with Crippen LogP contribution in [-0.4, -0.2) is 53.7 Å². The van der Waals surface area contributed by atoms with Gasteiger partial charge in [0.15, 0.2) is 34.9 Å². The third-order valence-corrected chi connectivity index (χ3v) is 2.87. The van der Waals surface area contributed by atoms with Gasteiger partial charge in [-0.3, -0.25) is 0 Å². The number of imidazole rings is 1. The van der Waals surface area contributed by atoms with E-state index in [4.69, 9.17) is 15.6 Å². The van der Waals surface area contributed by atoms with Crippen LogP contribution in [0, 0.1) is 0 Å². The predicted molar refractivity (Wildman–Crippen MR) is 63.5 cm³/mol. The minimum absolute atomic E-state index is 0.0350. The van der Waals surface area contributed by atoms with Gasteiger partial charge >= 0.3 is 0 Å². The largest absolute Gasteiger partial charge is 0.505 e. The molecule has 0 aromatic carbocycles. The van der Waals surface area contributed by atoms with Crippen LogP contribution in [0.1, 0.15) is 0 Å². The second-order valence-corrected chi connectivity index (χ2v) is 4.02. The molecule has 0 spiro atoms. The Bertz CT molecular complexity index is 667. The summed E-state index contributed by atoms with van der Waals surface area (Å²) in [6.45, 7) is -0.432. The van der Waals surface area contributed by atoms with Gasteiger partial charge in [0, 0.05) is 0 Å². The molecule has 0 radical (unpaired) electrons. The van der Waals surface area contributed by atoms with Gasteiger partial charge in [0.25, 0.3) is 0 Å². The number of aliphatic hydroxyl groups is 3. The zero-order chi connectivity index (χ0) is 13.6. The molecule has 9 heteroatoms. The van der Waals surface area contributed by atoms with Gasteiger partial charge in [0.2, 0.25) is 5.88 Å². The van der Waals surface area contributed by atoms with E-state index < -0.39 is 24.6 Å². The summed E-state index contributed by atoms with van der Waals surface area (Å²) in [7, 11) is 0. The molecule has 0 bridgehead atoms. The van der Waals surface area contributed by atoms with Crippen molar-refractivity contribution < 1.29 is 20.1 Å². The van der Waals surface area contributed by atoms with Crippen LogP contribution < -0.4 is 5.73 Å². The van der Waals surface area contributed by atoms with Crippen molar-refractivity contribution in [3.63, 3.8) is 0 Å². The number of ether oxygens (including phenoxy) is 1. The maximum Gasteiger partial charge on any atom is 0.243 e. The van der Waals surface area contributed by atoms with Crippen LogP contribution in [0.3, 0.4) is 0 Å². The van der Waals surface area contributed by atoms with Crippen molar-refractivity contribution in [3.8, 4) is 0 Å². The number of hydrogen-bond acceptors (Lipinski definition) is 8. The number of rotatable bonds is 2. The number of hydrogen-bond donors (Lipinski definition) is 4. The van der Waals surface area contributed by atoms with Crippen molar-refractivity contribution in [1.29, 1.82) is 0 Å². The molecule has 19 heavy (non-hydrogen) atoms. The molecule has 0 saturated heterocycles. The molecule has 3 heterocycles. The first-order chi connectivity index (χ1) is 9.13. The molecule has 0 fully saturated rings. The second-order valence-electron chi connectivity index (χ2n) is 4.02. The molecule has 3 rings (SSSR count). The van der Waals surface area contributed by atoms with Crippen molar-refractivity contribution in [3.05, 3.63) is 18.4 Å². The Hall–Kier alpha value is -2.39. The molecule has 0 saturated carbocycles. The summed E-state index contributed by atoms with van der Waals surface area (Å²) in [6.07, 6.45) is 0.374. The van der Waals surface area contributed by atoms with E-state index in [2.05, 4.69) is 15.0 Å². The van der Waals surface area contributed by atoms with Gasteiger partial charge in [-0.05, 0) is 0 Å². The molecular formula is C10H11N5O4. The molecule has 9 nitrogen and oxygen atoms in total. The van der Waals surface area contributed by atoms with Gasteiger partial charge < -0.3 is 25.8 Å². The molecule has 100 valence electrons. The number of anilines is 1. The quantitative estimate of drug-likeness (QED) is 0.533. The first-order valence-electron chi connectivity index (χ1n) is 5.46. The van der Waals surface area contributed by atoms with Crippen LogP contribution >= 0.6 is 0 Å². The fourth-order valence-electron chi connectivity index (χ4n) is 1.89. The fourth-order valence-corrected chi connectivity index (χ4v) is 1.89. The highest BCUT2D eigenvalue weighted by molar-refractivity contribution is 5.83. The van der Waals surface area contributed by atoms with Crippen molar-refractivity contribution in [1.82, 2.24) is 19.5 Å². The van der Waals surface area contributed by atoms with Gasteiger partial charge in [-0.2, -0.15) is 0 Å². The third-order valence-electron chi connectivity index (χ3n) is 2.87. The number of aromatic nitrogens is 4. The van der Waals surface area contributed by atoms with Crippen molar-refractivity contribution in [2.45, 2.75) is 12.2 Å². The highest BCUT2D eigenvalue weighted by atomic mass is 16.5. The molecule has 0 aliphatic carbocycles. The number of nitrogens with two attached hydrogens (primary N) is 1. The zero-order valence-corrected chi connectivity index (χ0v) is 9.63. The lowest BCUT2D eigenvalue weighted by atomic mass is 10.2. The van der Waals surface area contributed by atoms with Gasteiger partial charge in [-0.1, -0.05) is 0 Å². The lowest BCUT2D eigenvalue weighted by molar-refractivity contribution is 0.0140. The number of aliphatic hydroxyl groups excluding tert-OH is 3. The van der Waals surface area contributed by atoms with Crippen LogP contribution in [0.15, 0.2) is 18.4 Å². The van der Waals surface area contributed by atoms with Crippen LogP contribution in [-0.2, 0) is 4.74 Å². The summed E-state index contributed by atoms with van der Waals surface area (Å²) in [6, 6.07) is 0. The van der Waals surface area contributed by atoms with Crippen LogP contribution in [0.25, 0.3) is 17.0 Å². The van der Waals surface area contributed by atoms with E-state index in [-0.39, 0.29) is 11.7 Å². The smallest absolute Gasteiger partial charge is 0.243 e. The van der Waals surface area contributed by atoms with E-state index in [0.29, 0.717) is 11.2 Å². The highest BCUT2D eigenvalue weighted by Crippen LogP contribution is 2.29. The highest BCUT2D eigenvalue weighted by Gasteiger charge is 2.37. The number of nitrogen functional groups attached to an aromatic ring is 1. The molecular weight excluding hydrogens is 254 g/mol. The second kappa shape index (κ2) is 4.07. The van der Waals surface area contributed by atoms with Crippen molar-refractivity contribution >= 4 is 22.9 Å². The van der Waals surface area contributed by atoms with E-state index in [1.807, 2.05) is 0 Å². The summed E-state index contributed by atoms with van der Waals surface area (Å²) in [5.74, 6) is -0.233. The normalized spacial score (nSPS) is 23.1. The topological polar surface area (TPSA) is 140 Å². The first-order valence-corrected chi connectivity index (χ1v) is 5.46. The zero-order valence-electron chi connectivity index (χ0n) is 9.63. The summed E-state index contributed by atoms with van der Waals surface area (Å²) in [4.78, 5) is 11.8. The number of nitrogens with zero attached hydrogens (tertiary/aromatic N) is 4. The Morgan fingerprint density at radius 1 is 1.37 bits per heavy atom. The Balaban J connectivity index is 2.13.